The van der Waals surface area contributed by atoms with E-state index < -0.39 is 5.97 Å². The molecule has 0 saturated carbocycles. The van der Waals surface area contributed by atoms with E-state index in [0.717, 1.165) is 0 Å². The topological polar surface area (TPSA) is 62.2 Å². The molecule has 0 aliphatic heterocycles. The predicted octanol–water partition coefficient (Wildman–Crippen LogP) is -3.23. The number of hydrogen-bond donors (Lipinski definition) is 0. The molecule has 0 unspecified atom stereocenters. The van der Waals surface area contributed by atoms with E-state index in [1.54, 1.807) is 13.0 Å². The third-order valence-electron chi connectivity index (χ3n) is 1.47. The van der Waals surface area contributed by atoms with Crippen molar-refractivity contribution in [1.82, 2.24) is 4.98 Å². The molecule has 1 rings (SSSR count). The van der Waals surface area contributed by atoms with E-state index in [1.807, 2.05) is 0 Å². The summed E-state index contributed by atoms with van der Waals surface area (Å²) in [4.78, 5) is 14.1. The third-order valence-corrected chi connectivity index (χ3v) is 1.47. The number of aromatic nitrogens is 1. The summed E-state index contributed by atoms with van der Waals surface area (Å²) in [5, 5.41) is 10.3. The Labute approximate surface area is 119 Å². The van der Waals surface area contributed by atoms with E-state index in [9.17, 15) is 9.90 Å². The second-order valence-electron chi connectivity index (χ2n) is 2.27. The van der Waals surface area contributed by atoms with Gasteiger partial charge in [-0.15, -0.1) is 0 Å². The minimum Gasteiger partial charge on any atom is -0.543 e. The number of aryl methyl sites for hydroxylation is 1. The molecule has 0 radical (unpaired) electrons. The van der Waals surface area contributed by atoms with Gasteiger partial charge in [0, 0.05) is 0 Å². The van der Waals surface area contributed by atoms with Crippen molar-refractivity contribution in [1.29, 1.82) is 0 Å². The zero-order valence-corrected chi connectivity index (χ0v) is 10.9. The van der Waals surface area contributed by atoms with Gasteiger partial charge in [-0.1, -0.05) is 0 Å². The van der Waals surface area contributed by atoms with Crippen LogP contribution in [0, 0.1) is 6.92 Å². The molecule has 1 heterocycles. The van der Waals surface area contributed by atoms with Crippen LogP contribution in [0.25, 0.3) is 0 Å². The van der Waals surface area contributed by atoms with Crippen LogP contribution >= 0.6 is 0 Å². The Balaban J connectivity index is 0.00000144. The van der Waals surface area contributed by atoms with Gasteiger partial charge in [0.15, 0.2) is 0 Å². The van der Waals surface area contributed by atoms with E-state index in [-0.39, 0.29) is 57.1 Å². The van der Waals surface area contributed by atoms with Crippen LogP contribution in [-0.2, 0) is 0 Å². The number of hydrogen-bond acceptors (Lipinski definition) is 4. The summed E-state index contributed by atoms with van der Waals surface area (Å²) in [5.74, 6) is -0.708. The minimum atomic E-state index is -1.28. The second kappa shape index (κ2) is 5.72. The normalized spacial score (nSPS) is 8.77. The molecule has 0 aliphatic rings. The van der Waals surface area contributed by atoms with Gasteiger partial charge in [-0.25, -0.2) is 4.98 Å². The van der Waals surface area contributed by atoms with Gasteiger partial charge in [0.25, 0.3) is 0 Å². The fraction of sp³-hybridized carbons (Fsp3) is 0.250. The summed E-state index contributed by atoms with van der Waals surface area (Å²) in [7, 11) is 1.50. The van der Waals surface area contributed by atoms with Gasteiger partial charge < -0.3 is 14.6 Å². The predicted molar refractivity (Wildman–Crippen MR) is 39.9 cm³/mol. The molecule has 0 aromatic carbocycles. The molecule has 0 amide bonds. The average molecular weight is 205 g/mol. The average Bonchev–Trinajstić information content (AvgIpc) is 2.04. The Hall–Kier alpha value is 0.0564. The fourth-order valence-corrected chi connectivity index (χ4v) is 0.878. The largest absolute Gasteiger partial charge is 1.00 e. The standard InChI is InChI=1S/C8H9NO3.K/c1-5-7(12-2)4-3-6(9-5)8(10)11;/h3-4H,1-2H3,(H,10,11);/q;+1/p-1. The summed E-state index contributed by atoms with van der Waals surface area (Å²) >= 11 is 0. The summed E-state index contributed by atoms with van der Waals surface area (Å²) in [6.45, 7) is 1.67. The van der Waals surface area contributed by atoms with Crippen LogP contribution in [0.5, 0.6) is 5.75 Å². The van der Waals surface area contributed by atoms with Gasteiger partial charge >= 0.3 is 51.4 Å². The van der Waals surface area contributed by atoms with Gasteiger partial charge in [-0.3, -0.25) is 0 Å². The Bertz CT molecular complexity index is 314. The molecule has 4 nitrogen and oxygen atoms in total. The van der Waals surface area contributed by atoms with Crippen molar-refractivity contribution in [2.24, 2.45) is 0 Å². The zero-order valence-electron chi connectivity index (χ0n) is 7.83. The SMILES string of the molecule is COc1ccc(C(=O)[O-])nc1C.[K+]. The van der Waals surface area contributed by atoms with E-state index in [0.29, 0.717) is 11.4 Å². The number of ether oxygens (including phenoxy) is 1. The van der Waals surface area contributed by atoms with Gasteiger partial charge in [-0.05, 0) is 19.1 Å². The Morgan fingerprint density at radius 1 is 1.54 bits per heavy atom. The van der Waals surface area contributed by atoms with Crippen molar-refractivity contribution in [3.05, 3.63) is 23.5 Å². The number of carboxylic acids is 1. The van der Waals surface area contributed by atoms with Crippen molar-refractivity contribution in [3.63, 3.8) is 0 Å². The van der Waals surface area contributed by atoms with Crippen molar-refractivity contribution >= 4 is 5.97 Å². The number of carboxylic acid groups (broad SMARTS) is 1. The maximum atomic E-state index is 10.3. The van der Waals surface area contributed by atoms with Crippen molar-refractivity contribution in [2.45, 2.75) is 6.92 Å². The Morgan fingerprint density at radius 3 is 2.54 bits per heavy atom. The molecule has 0 atom stereocenters. The van der Waals surface area contributed by atoms with Crippen LogP contribution in [0.3, 0.4) is 0 Å². The van der Waals surface area contributed by atoms with Gasteiger partial charge in [0.2, 0.25) is 0 Å². The maximum Gasteiger partial charge on any atom is 1.00 e. The van der Waals surface area contributed by atoms with Crippen molar-refractivity contribution < 1.29 is 66.0 Å². The van der Waals surface area contributed by atoms with Crippen LogP contribution in [0.2, 0.25) is 0 Å². The number of methoxy groups -OCH3 is 1. The summed E-state index contributed by atoms with van der Waals surface area (Å²) in [5.41, 5.74) is 0.465. The van der Waals surface area contributed by atoms with Crippen LogP contribution in [-0.4, -0.2) is 18.1 Å². The van der Waals surface area contributed by atoms with Crippen LogP contribution in [0.4, 0.5) is 0 Å². The van der Waals surface area contributed by atoms with E-state index in [4.69, 9.17) is 4.74 Å². The van der Waals surface area contributed by atoms with Gasteiger partial charge in [0.1, 0.15) is 5.75 Å². The van der Waals surface area contributed by atoms with Gasteiger partial charge in [0.05, 0.1) is 24.5 Å². The molecule has 13 heavy (non-hydrogen) atoms. The first-order valence-electron chi connectivity index (χ1n) is 3.38. The zero-order chi connectivity index (χ0) is 9.14. The van der Waals surface area contributed by atoms with Crippen molar-refractivity contribution in [2.75, 3.05) is 7.11 Å². The van der Waals surface area contributed by atoms with Crippen molar-refractivity contribution in [3.8, 4) is 5.75 Å². The molecule has 0 fully saturated rings. The molecule has 0 saturated heterocycles. The first-order chi connectivity index (χ1) is 5.65. The number of aromatic carboxylic acids is 1. The molecule has 1 aromatic rings. The molecule has 0 aliphatic carbocycles. The fourth-order valence-electron chi connectivity index (χ4n) is 0.878. The van der Waals surface area contributed by atoms with E-state index >= 15 is 0 Å². The summed E-state index contributed by atoms with van der Waals surface area (Å²) in [6, 6.07) is 2.90. The molecule has 0 bridgehead atoms. The molecule has 0 spiro atoms. The molecular formula is C8H8KNO3. The number of carbonyl (C=O) groups is 1. The number of pyridine rings is 1. The summed E-state index contributed by atoms with van der Waals surface area (Å²) < 4.78 is 4.90. The molecule has 1 aromatic heterocycles. The smallest absolute Gasteiger partial charge is 0.543 e. The molecule has 5 heteroatoms. The first-order valence-corrected chi connectivity index (χ1v) is 3.38. The molecular weight excluding hydrogens is 197 g/mol. The van der Waals surface area contributed by atoms with Crippen LogP contribution < -0.4 is 61.2 Å². The molecule has 64 valence electrons. The second-order valence-corrected chi connectivity index (χ2v) is 2.27. The van der Waals surface area contributed by atoms with Gasteiger partial charge in [-0.2, -0.15) is 0 Å². The third kappa shape index (κ3) is 3.36. The number of rotatable bonds is 2. The maximum absolute atomic E-state index is 10.3. The minimum absolute atomic E-state index is 0. The van der Waals surface area contributed by atoms with E-state index in [2.05, 4.69) is 4.98 Å². The van der Waals surface area contributed by atoms with Crippen LogP contribution in [0.15, 0.2) is 12.1 Å². The van der Waals surface area contributed by atoms with E-state index in [1.165, 1.54) is 13.2 Å². The number of nitrogens with zero attached hydrogens (tertiary/aromatic N) is 1. The van der Waals surface area contributed by atoms with Crippen LogP contribution in [0.1, 0.15) is 16.2 Å². The number of carbonyl (C=O) groups excluding carboxylic acids is 1. The quantitative estimate of drug-likeness (QED) is 0.476. The summed E-state index contributed by atoms with van der Waals surface area (Å²) in [6.07, 6.45) is 0. The first kappa shape index (κ1) is 13.1. The Kier molecular flexibility index (Phi) is 5.74. The monoisotopic (exact) mass is 205 g/mol. The Morgan fingerprint density at radius 2 is 2.15 bits per heavy atom. The molecule has 0 N–H and O–H groups in total.